The van der Waals surface area contributed by atoms with Crippen LogP contribution < -0.4 is 15.8 Å². The Balaban J connectivity index is 1.49. The molecule has 0 aliphatic carbocycles. The molecule has 1 aromatic carbocycles. The number of nitrogens with one attached hydrogen (secondary N) is 1. The number of benzene rings is 1. The van der Waals surface area contributed by atoms with Crippen molar-refractivity contribution in [3.63, 3.8) is 0 Å². The predicted octanol–water partition coefficient (Wildman–Crippen LogP) is 2.96. The van der Waals surface area contributed by atoms with Gasteiger partial charge in [0, 0.05) is 30.2 Å². The molecule has 2 atom stereocenters. The van der Waals surface area contributed by atoms with E-state index in [4.69, 9.17) is 0 Å². The van der Waals surface area contributed by atoms with E-state index in [2.05, 4.69) is 22.2 Å². The minimum Gasteiger partial charge on any atom is -0.326 e. The molecule has 2 aliphatic heterocycles. The van der Waals surface area contributed by atoms with Gasteiger partial charge in [0.2, 0.25) is 0 Å². The largest absolute Gasteiger partial charge is 0.326 e. The molecule has 29 heavy (non-hydrogen) atoms. The van der Waals surface area contributed by atoms with Crippen molar-refractivity contribution in [2.24, 2.45) is 0 Å². The maximum absolute atomic E-state index is 14.5. The molecule has 4 heterocycles. The number of anilines is 1. The first kappa shape index (κ1) is 18.1. The molecule has 0 saturated carbocycles. The first-order chi connectivity index (χ1) is 14.0. The zero-order valence-corrected chi connectivity index (χ0v) is 16.5. The van der Waals surface area contributed by atoms with Crippen LogP contribution in [0.15, 0.2) is 41.7 Å². The Bertz CT molecular complexity index is 1180. The van der Waals surface area contributed by atoms with Gasteiger partial charge in [-0.3, -0.25) is 9.36 Å². The van der Waals surface area contributed by atoms with E-state index in [1.165, 1.54) is 6.20 Å². The van der Waals surface area contributed by atoms with E-state index in [0.717, 1.165) is 30.8 Å². The number of nitrogens with zero attached hydrogens (tertiary/aromatic N) is 5. The highest BCUT2D eigenvalue weighted by Crippen LogP contribution is 2.28. The quantitative estimate of drug-likeness (QED) is 0.724. The van der Waals surface area contributed by atoms with E-state index < -0.39 is 0 Å². The summed E-state index contributed by atoms with van der Waals surface area (Å²) in [5.74, 6) is -0.0374. The number of fused-ring (bicyclic) bond motifs is 2. The highest BCUT2D eigenvalue weighted by molar-refractivity contribution is 5.82. The van der Waals surface area contributed by atoms with Gasteiger partial charge in [0.1, 0.15) is 6.67 Å². The summed E-state index contributed by atoms with van der Waals surface area (Å²) >= 11 is 0. The molecule has 0 bridgehead atoms. The highest BCUT2D eigenvalue weighted by atomic mass is 19.1. The zero-order valence-electron chi connectivity index (χ0n) is 16.5. The Morgan fingerprint density at radius 3 is 3.00 bits per heavy atom. The molecule has 2 aliphatic rings. The molecular formula is C21H23FN6O. The average molecular weight is 394 g/mol. The fraction of sp³-hybridized carbons (Fsp3) is 0.381. The minimum absolute atomic E-state index is 0.0199. The van der Waals surface area contributed by atoms with Crippen LogP contribution in [-0.2, 0) is 6.67 Å². The van der Waals surface area contributed by atoms with Crippen LogP contribution in [0.3, 0.4) is 0 Å². The predicted molar refractivity (Wildman–Crippen MR) is 110 cm³/mol. The van der Waals surface area contributed by atoms with Crippen LogP contribution >= 0.6 is 0 Å². The molecule has 3 aromatic rings. The second kappa shape index (κ2) is 6.81. The maximum Gasteiger partial charge on any atom is 0.261 e. The second-order valence-electron chi connectivity index (χ2n) is 7.96. The SMILES string of the molecule is Cc1cn2c(n1)C(F)=CN(c1ccc3c(=O)n([C@@H]4CCN[C@@H](C)C4)cnc3c1)C2. The van der Waals surface area contributed by atoms with Crippen molar-refractivity contribution < 1.29 is 4.39 Å². The molecule has 1 saturated heterocycles. The lowest BCUT2D eigenvalue weighted by Gasteiger charge is -2.29. The van der Waals surface area contributed by atoms with Gasteiger partial charge in [-0.2, -0.15) is 0 Å². The Morgan fingerprint density at radius 1 is 1.31 bits per heavy atom. The van der Waals surface area contributed by atoms with Crippen molar-refractivity contribution in [1.29, 1.82) is 0 Å². The summed E-state index contributed by atoms with van der Waals surface area (Å²) in [7, 11) is 0. The summed E-state index contributed by atoms with van der Waals surface area (Å²) in [6.07, 6.45) is 6.75. The summed E-state index contributed by atoms with van der Waals surface area (Å²) in [4.78, 5) is 23.6. The monoisotopic (exact) mass is 394 g/mol. The Morgan fingerprint density at radius 2 is 2.17 bits per heavy atom. The van der Waals surface area contributed by atoms with Crippen molar-refractivity contribution in [1.82, 2.24) is 24.4 Å². The van der Waals surface area contributed by atoms with Crippen LogP contribution in [0.4, 0.5) is 10.1 Å². The molecule has 1 fully saturated rings. The van der Waals surface area contributed by atoms with E-state index in [-0.39, 0.29) is 17.4 Å². The number of hydrogen-bond acceptors (Lipinski definition) is 5. The zero-order chi connectivity index (χ0) is 20.1. The van der Waals surface area contributed by atoms with Gasteiger partial charge in [-0.15, -0.1) is 0 Å². The van der Waals surface area contributed by atoms with Crippen molar-refractivity contribution in [3.8, 4) is 0 Å². The first-order valence-electron chi connectivity index (χ1n) is 9.92. The summed E-state index contributed by atoms with van der Waals surface area (Å²) < 4.78 is 18.0. The molecule has 0 spiro atoms. The molecule has 2 aromatic heterocycles. The lowest BCUT2D eigenvalue weighted by molar-refractivity contribution is 0.307. The maximum atomic E-state index is 14.5. The third kappa shape index (κ3) is 3.13. The van der Waals surface area contributed by atoms with Crippen LogP contribution in [0.1, 0.15) is 37.3 Å². The molecular weight excluding hydrogens is 371 g/mol. The molecule has 7 nitrogen and oxygen atoms in total. The highest BCUT2D eigenvalue weighted by Gasteiger charge is 2.23. The molecule has 0 unspecified atom stereocenters. The summed E-state index contributed by atoms with van der Waals surface area (Å²) in [6.45, 7) is 5.34. The number of aromatic nitrogens is 4. The third-order valence-electron chi connectivity index (χ3n) is 5.77. The van der Waals surface area contributed by atoms with Crippen LogP contribution in [0.2, 0.25) is 0 Å². The van der Waals surface area contributed by atoms with Gasteiger partial charge in [-0.1, -0.05) is 0 Å². The van der Waals surface area contributed by atoms with Gasteiger partial charge in [0.05, 0.1) is 22.9 Å². The topological polar surface area (TPSA) is 68.0 Å². The Labute approximate surface area is 167 Å². The van der Waals surface area contributed by atoms with Gasteiger partial charge in [0.25, 0.3) is 5.56 Å². The number of halogens is 1. The van der Waals surface area contributed by atoms with E-state index >= 15 is 0 Å². The van der Waals surface area contributed by atoms with Crippen LogP contribution in [0.5, 0.6) is 0 Å². The van der Waals surface area contributed by atoms with E-state index in [0.29, 0.717) is 29.4 Å². The minimum atomic E-state index is -0.382. The Hall–Kier alpha value is -3.00. The van der Waals surface area contributed by atoms with E-state index in [1.807, 2.05) is 25.3 Å². The molecule has 0 radical (unpaired) electrons. The molecule has 0 amide bonds. The van der Waals surface area contributed by atoms with Crippen molar-refractivity contribution in [3.05, 3.63) is 58.8 Å². The number of rotatable bonds is 2. The average Bonchev–Trinajstić information content (AvgIpc) is 3.09. The summed E-state index contributed by atoms with van der Waals surface area (Å²) in [5, 5.41) is 4.00. The standard InChI is InChI=1S/C21H23FN6O/c1-13-7-16(5-6-23-13)28-11-24-19-8-15(3-4-17(19)21(28)29)26-10-18(22)20-25-14(2)9-27(20)12-26/h3-4,8-11,13,16,23H,5-7,12H2,1-2H3/t13-,16+/m0/s1. The van der Waals surface area contributed by atoms with Gasteiger partial charge in [0.15, 0.2) is 11.7 Å². The van der Waals surface area contributed by atoms with Gasteiger partial charge < -0.3 is 14.8 Å². The summed E-state index contributed by atoms with van der Waals surface area (Å²) in [6, 6.07) is 6.03. The summed E-state index contributed by atoms with van der Waals surface area (Å²) in [5.41, 5.74) is 2.16. The number of aryl methyl sites for hydroxylation is 1. The van der Waals surface area contributed by atoms with E-state index in [9.17, 15) is 9.18 Å². The smallest absolute Gasteiger partial charge is 0.261 e. The first-order valence-corrected chi connectivity index (χ1v) is 9.92. The molecule has 150 valence electrons. The van der Waals surface area contributed by atoms with E-state index in [1.54, 1.807) is 26.4 Å². The lowest BCUT2D eigenvalue weighted by atomic mass is 10.0. The van der Waals surface area contributed by atoms with Crippen LogP contribution in [0.25, 0.3) is 16.7 Å². The van der Waals surface area contributed by atoms with Crippen LogP contribution in [-0.4, -0.2) is 31.7 Å². The molecule has 1 N–H and O–H groups in total. The fourth-order valence-electron chi connectivity index (χ4n) is 4.32. The molecule has 8 heteroatoms. The van der Waals surface area contributed by atoms with Crippen molar-refractivity contribution in [2.45, 2.75) is 45.4 Å². The lowest BCUT2D eigenvalue weighted by Crippen LogP contribution is -2.39. The number of piperidine rings is 1. The van der Waals surface area contributed by atoms with Gasteiger partial charge in [-0.05, 0) is 51.4 Å². The van der Waals surface area contributed by atoms with Crippen molar-refractivity contribution >= 4 is 22.4 Å². The van der Waals surface area contributed by atoms with Crippen molar-refractivity contribution in [2.75, 3.05) is 11.4 Å². The number of imidazole rings is 1. The third-order valence-corrected chi connectivity index (χ3v) is 5.77. The Kier molecular flexibility index (Phi) is 4.24. The van der Waals surface area contributed by atoms with Gasteiger partial charge >= 0.3 is 0 Å². The van der Waals surface area contributed by atoms with Gasteiger partial charge in [-0.25, -0.2) is 14.4 Å². The normalized spacial score (nSPS) is 21.9. The second-order valence-corrected chi connectivity index (χ2v) is 7.96. The number of hydrogen-bond donors (Lipinski definition) is 1. The van der Waals surface area contributed by atoms with Crippen LogP contribution in [0, 0.1) is 6.92 Å². The fourth-order valence-corrected chi connectivity index (χ4v) is 4.32. The molecule has 5 rings (SSSR count).